The molecule has 1 saturated carbocycles. The zero-order chi connectivity index (χ0) is 16.9. The van der Waals surface area contributed by atoms with Crippen LogP contribution in [0.2, 0.25) is 0 Å². The zero-order valence-corrected chi connectivity index (χ0v) is 14.4. The number of ether oxygens (including phenoxy) is 2. The molecule has 0 bridgehead atoms. The Bertz CT molecular complexity index is 797. The van der Waals surface area contributed by atoms with Gasteiger partial charge in [-0.05, 0) is 48.8 Å². The van der Waals surface area contributed by atoms with Gasteiger partial charge in [0.2, 0.25) is 0 Å². The van der Waals surface area contributed by atoms with E-state index in [0.29, 0.717) is 13.2 Å². The van der Waals surface area contributed by atoms with E-state index in [1.807, 2.05) is 35.4 Å². The first-order valence-corrected chi connectivity index (χ1v) is 9.33. The van der Waals surface area contributed by atoms with Gasteiger partial charge in [0.1, 0.15) is 0 Å². The average Bonchev–Trinajstić information content (AvgIpc) is 3.04. The van der Waals surface area contributed by atoms with Crippen LogP contribution in [0.4, 0.5) is 0 Å². The monoisotopic (exact) mass is 340 g/mol. The number of rotatable bonds is 4. The van der Waals surface area contributed by atoms with Crippen LogP contribution >= 0.6 is 0 Å². The summed E-state index contributed by atoms with van der Waals surface area (Å²) in [6, 6.07) is 7.88. The number of H-pyrrole nitrogens is 1. The van der Waals surface area contributed by atoms with E-state index in [2.05, 4.69) is 4.98 Å². The fourth-order valence-electron chi connectivity index (χ4n) is 4.13. The maximum atomic E-state index is 12.9. The second-order valence-corrected chi connectivity index (χ2v) is 7.85. The molecule has 2 aliphatic heterocycles. The van der Waals surface area contributed by atoms with Gasteiger partial charge >= 0.3 is 0 Å². The Kier molecular flexibility index (Phi) is 3.61. The fraction of sp³-hybridized carbons (Fsp3) is 0.550. The van der Waals surface area contributed by atoms with Crippen molar-refractivity contribution in [3.63, 3.8) is 0 Å². The van der Waals surface area contributed by atoms with E-state index >= 15 is 0 Å². The molecular formula is C20H24N2O3. The Labute approximate surface area is 147 Å². The van der Waals surface area contributed by atoms with Gasteiger partial charge in [0, 0.05) is 36.8 Å². The van der Waals surface area contributed by atoms with Gasteiger partial charge in [0.25, 0.3) is 5.91 Å². The van der Waals surface area contributed by atoms with Crippen molar-refractivity contribution >= 4 is 16.8 Å². The first kappa shape index (κ1) is 15.4. The second-order valence-electron chi connectivity index (χ2n) is 7.85. The summed E-state index contributed by atoms with van der Waals surface area (Å²) in [5.41, 5.74) is 1.55. The first-order chi connectivity index (χ1) is 12.2. The molecule has 5 heteroatoms. The van der Waals surface area contributed by atoms with Crippen LogP contribution < -0.4 is 0 Å². The van der Waals surface area contributed by atoms with Gasteiger partial charge in [0.15, 0.2) is 0 Å². The number of hydrogen-bond acceptors (Lipinski definition) is 3. The van der Waals surface area contributed by atoms with Crippen LogP contribution in [-0.4, -0.2) is 53.8 Å². The highest BCUT2D eigenvalue weighted by atomic mass is 16.6. The topological polar surface area (TPSA) is 54.6 Å². The highest BCUT2D eigenvalue weighted by molar-refractivity contribution is 5.98. The van der Waals surface area contributed by atoms with Crippen LogP contribution in [0.3, 0.4) is 0 Å². The first-order valence-electron chi connectivity index (χ1n) is 9.33. The lowest BCUT2D eigenvalue weighted by atomic mass is 9.98. The van der Waals surface area contributed by atoms with Crippen molar-refractivity contribution in [2.75, 3.05) is 26.3 Å². The minimum Gasteiger partial charge on any atom is -0.375 e. The number of benzene rings is 1. The number of carbonyl (C=O) groups is 1. The molecule has 0 unspecified atom stereocenters. The van der Waals surface area contributed by atoms with Crippen molar-refractivity contribution in [3.05, 3.63) is 36.0 Å². The summed E-state index contributed by atoms with van der Waals surface area (Å²) in [7, 11) is 0. The molecule has 2 atom stereocenters. The molecule has 1 aromatic heterocycles. The summed E-state index contributed by atoms with van der Waals surface area (Å²) >= 11 is 0. The van der Waals surface area contributed by atoms with Gasteiger partial charge in [0.05, 0.1) is 24.9 Å². The smallest absolute Gasteiger partial charge is 0.254 e. The summed E-state index contributed by atoms with van der Waals surface area (Å²) in [6.07, 6.45) is 6.55. The van der Waals surface area contributed by atoms with Crippen LogP contribution in [0.25, 0.3) is 10.9 Å². The Morgan fingerprint density at radius 2 is 2.28 bits per heavy atom. The van der Waals surface area contributed by atoms with Crippen molar-refractivity contribution in [2.45, 2.75) is 37.4 Å². The Balaban J connectivity index is 1.24. The molecule has 1 aromatic carbocycles. The molecule has 1 spiro atoms. The van der Waals surface area contributed by atoms with E-state index in [1.165, 1.54) is 12.8 Å². The lowest BCUT2D eigenvalue weighted by Gasteiger charge is -2.23. The summed E-state index contributed by atoms with van der Waals surface area (Å²) in [6.45, 7) is 2.99. The van der Waals surface area contributed by atoms with Gasteiger partial charge in [-0.15, -0.1) is 0 Å². The summed E-state index contributed by atoms with van der Waals surface area (Å²) in [5, 5.41) is 1.13. The number of aromatic amines is 1. The normalized spacial score (nSPS) is 29.1. The molecule has 3 fully saturated rings. The predicted molar refractivity (Wildman–Crippen MR) is 94.6 cm³/mol. The van der Waals surface area contributed by atoms with Crippen LogP contribution in [0.15, 0.2) is 30.5 Å². The third-order valence-corrected chi connectivity index (χ3v) is 5.85. The number of fused-ring (bicyclic) bond motifs is 1. The van der Waals surface area contributed by atoms with E-state index in [0.717, 1.165) is 48.4 Å². The third-order valence-electron chi connectivity index (χ3n) is 5.85. The average molecular weight is 340 g/mol. The fourth-order valence-corrected chi connectivity index (χ4v) is 4.13. The van der Waals surface area contributed by atoms with E-state index in [9.17, 15) is 4.79 Å². The molecule has 1 N–H and O–H groups in total. The largest absolute Gasteiger partial charge is 0.375 e. The molecule has 1 aliphatic carbocycles. The molecule has 3 heterocycles. The summed E-state index contributed by atoms with van der Waals surface area (Å²) < 4.78 is 12.1. The number of hydrogen-bond donors (Lipinski definition) is 1. The maximum absolute atomic E-state index is 12.9. The molecule has 0 radical (unpaired) electrons. The van der Waals surface area contributed by atoms with Crippen LogP contribution in [-0.2, 0) is 9.47 Å². The highest BCUT2D eigenvalue weighted by Crippen LogP contribution is 2.38. The molecule has 1 amide bonds. The van der Waals surface area contributed by atoms with E-state index in [1.54, 1.807) is 0 Å². The Hall–Kier alpha value is -1.85. The van der Waals surface area contributed by atoms with E-state index in [4.69, 9.17) is 9.47 Å². The molecule has 5 rings (SSSR count). The minimum atomic E-state index is -0.194. The third kappa shape index (κ3) is 2.96. The van der Waals surface area contributed by atoms with Crippen molar-refractivity contribution in [1.29, 1.82) is 0 Å². The number of nitrogens with one attached hydrogen (secondary N) is 1. The SMILES string of the molecule is O=C(c1ccc2cc[nH]c2c1)N1CC[C@@]2(C[C@@H](OCC3CC3)CO2)C1. The molecule has 5 nitrogen and oxygen atoms in total. The quantitative estimate of drug-likeness (QED) is 0.931. The van der Waals surface area contributed by atoms with Crippen LogP contribution in [0, 0.1) is 5.92 Å². The lowest BCUT2D eigenvalue weighted by Crippen LogP contribution is -2.36. The number of likely N-dealkylation sites (tertiary alicyclic amines) is 1. The number of amides is 1. The van der Waals surface area contributed by atoms with Crippen LogP contribution in [0.1, 0.15) is 36.0 Å². The van der Waals surface area contributed by atoms with Gasteiger partial charge in [-0.3, -0.25) is 4.79 Å². The maximum Gasteiger partial charge on any atom is 0.254 e. The standard InChI is InChI=1S/C20H24N2O3/c23-19(16-4-3-15-5-7-21-18(15)9-16)22-8-6-20(13-22)10-17(12-25-20)24-11-14-1-2-14/h3-5,7,9,14,17,21H,1-2,6,8,10-13H2/t17-,20-/m1/s1. The Morgan fingerprint density at radius 1 is 1.36 bits per heavy atom. The molecular weight excluding hydrogens is 316 g/mol. The number of aromatic nitrogens is 1. The minimum absolute atomic E-state index is 0.0966. The van der Waals surface area contributed by atoms with Gasteiger partial charge in [-0.2, -0.15) is 0 Å². The predicted octanol–water partition coefficient (Wildman–Crippen LogP) is 2.97. The molecule has 25 heavy (non-hydrogen) atoms. The van der Waals surface area contributed by atoms with Crippen molar-refractivity contribution in [3.8, 4) is 0 Å². The van der Waals surface area contributed by atoms with Gasteiger partial charge < -0.3 is 19.4 Å². The lowest BCUT2D eigenvalue weighted by molar-refractivity contribution is 0.00157. The summed E-state index contributed by atoms with van der Waals surface area (Å²) in [5.74, 6) is 0.875. The molecule has 2 saturated heterocycles. The van der Waals surface area contributed by atoms with Crippen LogP contribution in [0.5, 0.6) is 0 Å². The van der Waals surface area contributed by atoms with Crippen molar-refractivity contribution < 1.29 is 14.3 Å². The van der Waals surface area contributed by atoms with Gasteiger partial charge in [-0.1, -0.05) is 6.07 Å². The molecule has 132 valence electrons. The summed E-state index contributed by atoms with van der Waals surface area (Å²) in [4.78, 5) is 18.0. The van der Waals surface area contributed by atoms with E-state index in [-0.39, 0.29) is 17.6 Å². The zero-order valence-electron chi connectivity index (χ0n) is 14.4. The van der Waals surface area contributed by atoms with Gasteiger partial charge in [-0.25, -0.2) is 0 Å². The second kappa shape index (κ2) is 5.85. The van der Waals surface area contributed by atoms with Crippen molar-refractivity contribution in [1.82, 2.24) is 9.88 Å². The molecule has 3 aliphatic rings. The Morgan fingerprint density at radius 3 is 3.16 bits per heavy atom. The number of nitrogens with zero attached hydrogens (tertiary/aromatic N) is 1. The van der Waals surface area contributed by atoms with E-state index < -0.39 is 0 Å². The van der Waals surface area contributed by atoms with Crippen molar-refractivity contribution in [2.24, 2.45) is 5.92 Å². The highest BCUT2D eigenvalue weighted by Gasteiger charge is 2.47. The molecule has 2 aromatic rings. The number of carbonyl (C=O) groups excluding carboxylic acids is 1.